The number of aliphatic hydroxyl groups excluding tert-OH is 1. The lowest BCUT2D eigenvalue weighted by Crippen LogP contribution is -2.42. The summed E-state index contributed by atoms with van der Waals surface area (Å²) in [4.78, 5) is 26.1. The highest BCUT2D eigenvalue weighted by atomic mass is 16.3. The van der Waals surface area contributed by atoms with Gasteiger partial charge in [0.15, 0.2) is 0 Å². The summed E-state index contributed by atoms with van der Waals surface area (Å²) in [6, 6.07) is -0.292. The first kappa shape index (κ1) is 17.0. The Bertz CT molecular complexity index is 637. The fourth-order valence-corrected chi connectivity index (χ4v) is 3.86. The van der Waals surface area contributed by atoms with Crippen molar-refractivity contribution in [2.24, 2.45) is 0 Å². The molecule has 0 saturated carbocycles. The van der Waals surface area contributed by atoms with Gasteiger partial charge >= 0.3 is 0 Å². The maximum absolute atomic E-state index is 13.0. The van der Waals surface area contributed by atoms with Gasteiger partial charge in [-0.25, -0.2) is 0 Å². The van der Waals surface area contributed by atoms with E-state index in [2.05, 4.69) is 5.32 Å². The van der Waals surface area contributed by atoms with Crippen LogP contribution >= 0.6 is 0 Å². The Morgan fingerprint density at radius 1 is 1.21 bits per heavy atom. The molecule has 1 aliphatic heterocycles. The van der Waals surface area contributed by atoms with Crippen LogP contribution in [0.2, 0.25) is 0 Å². The molecule has 0 bridgehead atoms. The highest BCUT2D eigenvalue weighted by molar-refractivity contribution is 5.97. The van der Waals surface area contributed by atoms with Gasteiger partial charge in [0, 0.05) is 32.0 Å². The number of nitrogens with one attached hydrogen (secondary N) is 1. The quantitative estimate of drug-likeness (QED) is 0.860. The van der Waals surface area contributed by atoms with Crippen molar-refractivity contribution < 1.29 is 19.1 Å². The molecule has 2 N–H and O–H groups in total. The standard InChI is InChI=1S/C18H26N2O4/c1-11-17(13-5-3-4-6-16(13)24-11)18(23)20-9-7-14(19-12(2)21)15(22)8-10-20/h14-15,22H,3-10H2,1-2H3,(H,19,21)/t14-,15-/m0/s1. The number of hydrogen-bond acceptors (Lipinski definition) is 4. The second kappa shape index (κ2) is 6.97. The van der Waals surface area contributed by atoms with Crippen LogP contribution in [-0.2, 0) is 17.6 Å². The Labute approximate surface area is 142 Å². The third-order valence-corrected chi connectivity index (χ3v) is 5.11. The third-order valence-electron chi connectivity index (χ3n) is 5.11. The Kier molecular flexibility index (Phi) is 4.94. The molecule has 1 aromatic rings. The number of hydrogen-bond donors (Lipinski definition) is 2. The van der Waals surface area contributed by atoms with Crippen molar-refractivity contribution in [2.75, 3.05) is 13.1 Å². The van der Waals surface area contributed by atoms with Crippen LogP contribution in [0.4, 0.5) is 0 Å². The maximum Gasteiger partial charge on any atom is 0.257 e. The summed E-state index contributed by atoms with van der Waals surface area (Å²) in [5.74, 6) is 1.51. The van der Waals surface area contributed by atoms with Crippen molar-refractivity contribution in [3.63, 3.8) is 0 Å². The first-order valence-electron chi connectivity index (χ1n) is 8.83. The van der Waals surface area contributed by atoms with Gasteiger partial charge in [0.1, 0.15) is 11.5 Å². The van der Waals surface area contributed by atoms with Crippen LogP contribution in [0.15, 0.2) is 4.42 Å². The van der Waals surface area contributed by atoms with Crippen LogP contribution in [-0.4, -0.2) is 47.1 Å². The van der Waals surface area contributed by atoms with E-state index in [0.29, 0.717) is 31.7 Å². The summed E-state index contributed by atoms with van der Waals surface area (Å²) < 4.78 is 5.82. The Balaban J connectivity index is 1.76. The molecule has 2 heterocycles. The monoisotopic (exact) mass is 334 g/mol. The summed E-state index contributed by atoms with van der Waals surface area (Å²) in [6.07, 6.45) is 4.43. The molecule has 6 nitrogen and oxygen atoms in total. The molecule has 1 fully saturated rings. The lowest BCUT2D eigenvalue weighted by Gasteiger charge is -2.21. The van der Waals surface area contributed by atoms with Gasteiger partial charge in [-0.2, -0.15) is 0 Å². The zero-order valence-electron chi connectivity index (χ0n) is 14.4. The fraction of sp³-hybridized carbons (Fsp3) is 0.667. The van der Waals surface area contributed by atoms with Crippen molar-refractivity contribution in [1.82, 2.24) is 10.2 Å². The largest absolute Gasteiger partial charge is 0.465 e. The van der Waals surface area contributed by atoms with Gasteiger partial charge in [-0.3, -0.25) is 9.59 Å². The number of rotatable bonds is 2. The molecule has 1 aromatic heterocycles. The van der Waals surface area contributed by atoms with Crippen molar-refractivity contribution in [1.29, 1.82) is 0 Å². The topological polar surface area (TPSA) is 82.8 Å². The summed E-state index contributed by atoms with van der Waals surface area (Å²) in [7, 11) is 0. The molecule has 2 atom stereocenters. The van der Waals surface area contributed by atoms with Crippen LogP contribution in [0, 0.1) is 6.92 Å². The normalized spacial score (nSPS) is 24.2. The van der Waals surface area contributed by atoms with Crippen LogP contribution < -0.4 is 5.32 Å². The minimum atomic E-state index is -0.619. The van der Waals surface area contributed by atoms with Gasteiger partial charge in [0.2, 0.25) is 5.91 Å². The van der Waals surface area contributed by atoms with Crippen molar-refractivity contribution >= 4 is 11.8 Å². The van der Waals surface area contributed by atoms with E-state index in [1.54, 1.807) is 4.90 Å². The summed E-state index contributed by atoms with van der Waals surface area (Å²) in [5.41, 5.74) is 1.80. The first-order chi connectivity index (χ1) is 11.5. The van der Waals surface area contributed by atoms with Crippen LogP contribution in [0.5, 0.6) is 0 Å². The van der Waals surface area contributed by atoms with Gasteiger partial charge in [-0.15, -0.1) is 0 Å². The Morgan fingerprint density at radius 2 is 1.92 bits per heavy atom. The minimum Gasteiger partial charge on any atom is -0.465 e. The molecule has 0 unspecified atom stereocenters. The molecule has 0 spiro atoms. The van der Waals surface area contributed by atoms with Crippen molar-refractivity contribution in [3.8, 4) is 0 Å². The van der Waals surface area contributed by atoms with E-state index in [-0.39, 0.29) is 17.9 Å². The van der Waals surface area contributed by atoms with Crippen molar-refractivity contribution in [2.45, 2.75) is 64.5 Å². The van der Waals surface area contributed by atoms with Crippen LogP contribution in [0.3, 0.4) is 0 Å². The average Bonchev–Trinajstić information content (AvgIpc) is 2.77. The van der Waals surface area contributed by atoms with E-state index in [4.69, 9.17) is 4.42 Å². The predicted molar refractivity (Wildman–Crippen MR) is 88.8 cm³/mol. The molecular weight excluding hydrogens is 308 g/mol. The van der Waals surface area contributed by atoms with E-state index < -0.39 is 6.10 Å². The number of furan rings is 1. The van der Waals surface area contributed by atoms with E-state index in [1.807, 2.05) is 6.92 Å². The number of aliphatic hydroxyl groups is 1. The van der Waals surface area contributed by atoms with Gasteiger partial charge in [0.25, 0.3) is 5.91 Å². The van der Waals surface area contributed by atoms with Crippen LogP contribution in [0.1, 0.15) is 60.0 Å². The molecule has 1 saturated heterocycles. The van der Waals surface area contributed by atoms with Gasteiger partial charge in [-0.05, 0) is 39.0 Å². The molecular formula is C18H26N2O4. The number of carbonyl (C=O) groups excluding carboxylic acids is 2. The summed E-state index contributed by atoms with van der Waals surface area (Å²) >= 11 is 0. The molecule has 24 heavy (non-hydrogen) atoms. The van der Waals surface area contributed by atoms with Crippen molar-refractivity contribution in [3.05, 3.63) is 22.6 Å². The van der Waals surface area contributed by atoms with Crippen LogP contribution in [0.25, 0.3) is 0 Å². The highest BCUT2D eigenvalue weighted by Gasteiger charge is 2.32. The SMILES string of the molecule is CC(=O)N[C@H]1CCN(C(=O)c2c(C)oc3c2CCCC3)CC[C@@H]1O. The van der Waals surface area contributed by atoms with Gasteiger partial charge in [0.05, 0.1) is 17.7 Å². The molecule has 2 aliphatic rings. The second-order valence-corrected chi connectivity index (χ2v) is 6.89. The van der Waals surface area contributed by atoms with E-state index >= 15 is 0 Å². The molecule has 0 aromatic carbocycles. The minimum absolute atomic E-state index is 0.00456. The number of nitrogens with zero attached hydrogens (tertiary/aromatic N) is 1. The summed E-state index contributed by atoms with van der Waals surface area (Å²) in [6.45, 7) is 4.33. The maximum atomic E-state index is 13.0. The first-order valence-corrected chi connectivity index (χ1v) is 8.83. The molecule has 3 rings (SSSR count). The lowest BCUT2D eigenvalue weighted by molar-refractivity contribution is -0.120. The second-order valence-electron chi connectivity index (χ2n) is 6.89. The number of carbonyl (C=O) groups is 2. The predicted octanol–water partition coefficient (Wildman–Crippen LogP) is 1.57. The summed E-state index contributed by atoms with van der Waals surface area (Å²) in [5, 5.41) is 13.0. The highest BCUT2D eigenvalue weighted by Crippen LogP contribution is 2.31. The number of fused-ring (bicyclic) bond motifs is 1. The number of amides is 2. The third kappa shape index (κ3) is 3.34. The smallest absolute Gasteiger partial charge is 0.257 e. The van der Waals surface area contributed by atoms with E-state index in [0.717, 1.165) is 42.6 Å². The molecule has 1 aliphatic carbocycles. The van der Waals surface area contributed by atoms with E-state index in [1.165, 1.54) is 6.92 Å². The zero-order chi connectivity index (χ0) is 17.3. The number of aryl methyl sites for hydroxylation is 2. The Morgan fingerprint density at radius 3 is 2.67 bits per heavy atom. The fourth-order valence-electron chi connectivity index (χ4n) is 3.86. The lowest BCUT2D eigenvalue weighted by atomic mass is 9.94. The molecule has 132 valence electrons. The molecule has 0 radical (unpaired) electrons. The molecule has 6 heteroatoms. The molecule has 2 amide bonds. The van der Waals surface area contributed by atoms with Gasteiger partial charge in [-0.1, -0.05) is 0 Å². The number of likely N-dealkylation sites (tertiary alicyclic amines) is 1. The Hall–Kier alpha value is -1.82. The average molecular weight is 334 g/mol. The van der Waals surface area contributed by atoms with Gasteiger partial charge < -0.3 is 19.7 Å². The van der Waals surface area contributed by atoms with E-state index in [9.17, 15) is 14.7 Å². The zero-order valence-corrected chi connectivity index (χ0v) is 14.4.